The molecular weight excluding hydrogens is 437 g/mol. The van der Waals surface area contributed by atoms with E-state index >= 15 is 0 Å². The third kappa shape index (κ3) is 5.56. The average Bonchev–Trinajstić information content (AvgIpc) is 3.33. The van der Waals surface area contributed by atoms with Crippen LogP contribution in [-0.4, -0.2) is 49.8 Å². The Morgan fingerprint density at radius 3 is 2.59 bits per heavy atom. The van der Waals surface area contributed by atoms with Crippen LogP contribution in [0.15, 0.2) is 47.0 Å². The molecule has 1 aliphatic heterocycles. The van der Waals surface area contributed by atoms with Crippen LogP contribution in [0.3, 0.4) is 0 Å². The number of aromatic nitrogens is 1. The van der Waals surface area contributed by atoms with E-state index in [-0.39, 0.29) is 17.4 Å². The van der Waals surface area contributed by atoms with Gasteiger partial charge in [-0.15, -0.1) is 0 Å². The van der Waals surface area contributed by atoms with Gasteiger partial charge >= 0.3 is 0 Å². The van der Waals surface area contributed by atoms with E-state index in [0.717, 1.165) is 49.5 Å². The average molecular weight is 468 g/mol. The molecule has 1 aromatic heterocycles. The predicted octanol–water partition coefficient (Wildman–Crippen LogP) is 4.45. The SMILES string of the molecule is COc1ccc(CN2CCC(CNC(=O)c3cc(-c4ccc(C)cc4F)on3)CC2)cc1OC. The first-order valence-corrected chi connectivity index (χ1v) is 11.4. The monoisotopic (exact) mass is 467 g/mol. The van der Waals surface area contributed by atoms with Crippen molar-refractivity contribution in [3.8, 4) is 22.8 Å². The summed E-state index contributed by atoms with van der Waals surface area (Å²) < 4.78 is 30.1. The maximum absolute atomic E-state index is 14.2. The normalized spacial score (nSPS) is 14.7. The molecule has 8 heteroatoms. The lowest BCUT2D eigenvalue weighted by molar-refractivity contribution is 0.0926. The van der Waals surface area contributed by atoms with Gasteiger partial charge in [0.05, 0.1) is 19.8 Å². The number of amides is 1. The van der Waals surface area contributed by atoms with Gasteiger partial charge in [-0.25, -0.2) is 4.39 Å². The van der Waals surface area contributed by atoms with E-state index in [0.29, 0.717) is 18.0 Å². The number of nitrogens with one attached hydrogen (secondary N) is 1. The van der Waals surface area contributed by atoms with Gasteiger partial charge in [0.25, 0.3) is 5.91 Å². The molecule has 1 N–H and O–H groups in total. The number of hydrogen-bond acceptors (Lipinski definition) is 6. The van der Waals surface area contributed by atoms with Gasteiger partial charge < -0.3 is 19.3 Å². The standard InChI is InChI=1S/C26H30FN3O4/c1-17-4-6-20(21(27)12-17)24-14-22(29-34-24)26(31)28-15-18-8-10-30(11-9-18)16-19-5-7-23(32-2)25(13-19)33-3/h4-7,12-14,18H,8-11,15-16H2,1-3H3,(H,28,31). The van der Waals surface area contributed by atoms with Crippen molar-refractivity contribution in [1.82, 2.24) is 15.4 Å². The molecule has 0 atom stereocenters. The number of likely N-dealkylation sites (tertiary alicyclic amines) is 1. The zero-order valence-electron chi connectivity index (χ0n) is 19.8. The number of aryl methyl sites for hydroxylation is 1. The Balaban J connectivity index is 1.25. The number of piperidine rings is 1. The molecule has 2 heterocycles. The van der Waals surface area contributed by atoms with Crippen molar-refractivity contribution in [2.24, 2.45) is 5.92 Å². The minimum atomic E-state index is -0.400. The van der Waals surface area contributed by atoms with Crippen LogP contribution < -0.4 is 14.8 Å². The van der Waals surface area contributed by atoms with Gasteiger partial charge in [-0.2, -0.15) is 0 Å². The Morgan fingerprint density at radius 1 is 1.12 bits per heavy atom. The highest BCUT2D eigenvalue weighted by Crippen LogP contribution is 2.29. The highest BCUT2D eigenvalue weighted by atomic mass is 19.1. The minimum absolute atomic E-state index is 0.154. The fourth-order valence-corrected chi connectivity index (χ4v) is 4.24. The van der Waals surface area contributed by atoms with Crippen molar-refractivity contribution >= 4 is 5.91 Å². The van der Waals surface area contributed by atoms with Gasteiger partial charge in [-0.05, 0) is 74.2 Å². The summed E-state index contributed by atoms with van der Waals surface area (Å²) in [5, 5.41) is 6.77. The molecule has 3 aromatic rings. The lowest BCUT2D eigenvalue weighted by atomic mass is 9.96. The topological polar surface area (TPSA) is 76.8 Å². The van der Waals surface area contributed by atoms with Gasteiger partial charge in [-0.1, -0.05) is 17.3 Å². The largest absolute Gasteiger partial charge is 0.493 e. The molecule has 0 bridgehead atoms. The number of carbonyl (C=O) groups excluding carboxylic acids is 1. The number of benzene rings is 2. The quantitative estimate of drug-likeness (QED) is 0.528. The molecule has 0 radical (unpaired) electrons. The zero-order valence-corrected chi connectivity index (χ0v) is 19.8. The highest BCUT2D eigenvalue weighted by molar-refractivity contribution is 5.93. The van der Waals surface area contributed by atoms with Crippen molar-refractivity contribution in [3.63, 3.8) is 0 Å². The Hall–Kier alpha value is -3.39. The molecule has 0 spiro atoms. The molecule has 0 aliphatic carbocycles. The highest BCUT2D eigenvalue weighted by Gasteiger charge is 2.22. The molecule has 0 saturated carbocycles. The van der Waals surface area contributed by atoms with Crippen LogP contribution >= 0.6 is 0 Å². The summed E-state index contributed by atoms with van der Waals surface area (Å²) in [6, 6.07) is 12.3. The van der Waals surface area contributed by atoms with Crippen LogP contribution in [0.1, 0.15) is 34.5 Å². The summed E-state index contributed by atoms with van der Waals surface area (Å²) in [6.45, 7) is 5.14. The Kier molecular flexibility index (Phi) is 7.47. The maximum Gasteiger partial charge on any atom is 0.273 e. The fourth-order valence-electron chi connectivity index (χ4n) is 4.24. The second-order valence-electron chi connectivity index (χ2n) is 8.68. The number of halogens is 1. The maximum atomic E-state index is 14.2. The van der Waals surface area contributed by atoms with E-state index in [1.54, 1.807) is 26.4 Å². The van der Waals surface area contributed by atoms with E-state index in [1.165, 1.54) is 17.7 Å². The Bertz CT molecular complexity index is 1140. The van der Waals surface area contributed by atoms with Crippen molar-refractivity contribution in [2.75, 3.05) is 33.9 Å². The minimum Gasteiger partial charge on any atom is -0.493 e. The molecular formula is C26H30FN3O4. The Labute approximate surface area is 198 Å². The molecule has 0 unspecified atom stereocenters. The van der Waals surface area contributed by atoms with E-state index in [2.05, 4.69) is 21.4 Å². The summed E-state index contributed by atoms with van der Waals surface area (Å²) in [5.74, 6) is 1.39. The lowest BCUT2D eigenvalue weighted by Gasteiger charge is -2.32. The first kappa shape index (κ1) is 23.8. The lowest BCUT2D eigenvalue weighted by Crippen LogP contribution is -2.38. The van der Waals surface area contributed by atoms with E-state index in [4.69, 9.17) is 14.0 Å². The smallest absolute Gasteiger partial charge is 0.273 e. The van der Waals surface area contributed by atoms with Crippen LogP contribution in [-0.2, 0) is 6.54 Å². The van der Waals surface area contributed by atoms with Gasteiger partial charge in [0.2, 0.25) is 0 Å². The van der Waals surface area contributed by atoms with Crippen molar-refractivity contribution in [1.29, 1.82) is 0 Å². The van der Waals surface area contributed by atoms with E-state index in [9.17, 15) is 9.18 Å². The molecule has 4 rings (SSSR count). The van der Waals surface area contributed by atoms with Crippen LogP contribution in [0.25, 0.3) is 11.3 Å². The second-order valence-corrected chi connectivity index (χ2v) is 8.68. The summed E-state index contributed by atoms with van der Waals surface area (Å²) in [7, 11) is 3.27. The van der Waals surface area contributed by atoms with E-state index < -0.39 is 5.82 Å². The second kappa shape index (κ2) is 10.7. The number of rotatable bonds is 8. The predicted molar refractivity (Wildman–Crippen MR) is 127 cm³/mol. The third-order valence-corrected chi connectivity index (χ3v) is 6.25. The van der Waals surface area contributed by atoms with Crippen molar-refractivity contribution in [3.05, 3.63) is 65.1 Å². The van der Waals surface area contributed by atoms with Crippen LogP contribution in [0.4, 0.5) is 4.39 Å². The van der Waals surface area contributed by atoms with Crippen LogP contribution in [0, 0.1) is 18.7 Å². The zero-order chi connectivity index (χ0) is 24.1. The van der Waals surface area contributed by atoms with E-state index in [1.807, 2.05) is 19.1 Å². The first-order valence-electron chi connectivity index (χ1n) is 11.4. The molecule has 180 valence electrons. The molecule has 1 aliphatic rings. The van der Waals surface area contributed by atoms with Crippen molar-refractivity contribution < 1.29 is 23.2 Å². The van der Waals surface area contributed by atoms with Gasteiger partial charge in [-0.3, -0.25) is 9.69 Å². The summed E-state index contributed by atoms with van der Waals surface area (Å²) >= 11 is 0. The summed E-state index contributed by atoms with van der Waals surface area (Å²) in [5.41, 5.74) is 2.43. The summed E-state index contributed by atoms with van der Waals surface area (Å²) in [6.07, 6.45) is 1.98. The molecule has 34 heavy (non-hydrogen) atoms. The molecule has 2 aromatic carbocycles. The number of ether oxygens (including phenoxy) is 2. The Morgan fingerprint density at radius 2 is 1.88 bits per heavy atom. The third-order valence-electron chi connectivity index (χ3n) is 6.25. The molecule has 1 amide bonds. The number of nitrogens with zero attached hydrogens (tertiary/aromatic N) is 2. The molecule has 1 saturated heterocycles. The van der Waals surface area contributed by atoms with Crippen molar-refractivity contribution in [2.45, 2.75) is 26.3 Å². The summed E-state index contributed by atoms with van der Waals surface area (Å²) in [4.78, 5) is 14.9. The molecule has 7 nitrogen and oxygen atoms in total. The number of methoxy groups -OCH3 is 2. The fraction of sp³-hybridized carbons (Fsp3) is 0.385. The van der Waals surface area contributed by atoms with Crippen LogP contribution in [0.2, 0.25) is 0 Å². The number of hydrogen-bond donors (Lipinski definition) is 1. The van der Waals surface area contributed by atoms with Gasteiger partial charge in [0.15, 0.2) is 23.0 Å². The van der Waals surface area contributed by atoms with Crippen LogP contribution in [0.5, 0.6) is 11.5 Å². The van der Waals surface area contributed by atoms with Gasteiger partial charge in [0, 0.05) is 19.2 Å². The molecule has 1 fully saturated rings. The first-order chi connectivity index (χ1) is 16.5. The number of carbonyl (C=O) groups is 1. The van der Waals surface area contributed by atoms with Gasteiger partial charge in [0.1, 0.15) is 5.82 Å².